The van der Waals surface area contributed by atoms with E-state index >= 15 is 0 Å². The van der Waals surface area contributed by atoms with Crippen LogP contribution in [-0.2, 0) is 14.6 Å². The largest absolute Gasteiger partial charge is 0.344 e. The third-order valence-electron chi connectivity index (χ3n) is 7.74. The molecule has 2 aliphatic rings. The van der Waals surface area contributed by atoms with E-state index in [0.717, 1.165) is 32.1 Å². The van der Waals surface area contributed by atoms with Crippen molar-refractivity contribution < 1.29 is 26.7 Å². The lowest BCUT2D eigenvalue weighted by Gasteiger charge is -2.31. The Labute approximate surface area is 212 Å². The predicted octanol–water partition coefficient (Wildman–Crippen LogP) is 6.34. The van der Waals surface area contributed by atoms with Gasteiger partial charge >= 0.3 is 0 Å². The molecule has 0 saturated heterocycles. The van der Waals surface area contributed by atoms with Crippen LogP contribution in [0.5, 0.6) is 0 Å². The van der Waals surface area contributed by atoms with Gasteiger partial charge in [0.15, 0.2) is 7.37 Å². The fourth-order valence-corrected chi connectivity index (χ4v) is 8.09. The standard InChI is InChI=1S/C27H34F2NO4PS/c1-2-35(31,32)17-6-4-3-5-8-23-20-11-12-21(18-20)27(23)30-36(33,34)22-15-13-19(14-16-22)26-24(28)9-7-10-25(26)29/h3,5,7,9-10,13-16,20-21,23,27,30H,2,4,6,8,11-12,17-18H2,1H3,(H,31,32)/b5-3-/t20-,21+,23?,27?/m0/s1. The molecule has 36 heavy (non-hydrogen) atoms. The van der Waals surface area contributed by atoms with Crippen molar-refractivity contribution in [1.82, 2.24) is 4.72 Å². The van der Waals surface area contributed by atoms with Gasteiger partial charge in [-0.25, -0.2) is 21.9 Å². The van der Waals surface area contributed by atoms with Gasteiger partial charge in [0.2, 0.25) is 10.0 Å². The maximum atomic E-state index is 14.1. The topological polar surface area (TPSA) is 83.5 Å². The molecule has 0 spiro atoms. The molecule has 9 heteroatoms. The van der Waals surface area contributed by atoms with Crippen molar-refractivity contribution in [2.24, 2.45) is 17.8 Å². The first-order chi connectivity index (χ1) is 17.1. The Bertz CT molecular complexity index is 1230. The molecule has 4 rings (SSSR count). The number of hydrogen-bond donors (Lipinski definition) is 2. The average Bonchev–Trinajstić information content (AvgIpc) is 3.44. The number of hydrogen-bond acceptors (Lipinski definition) is 3. The zero-order valence-corrected chi connectivity index (χ0v) is 22.2. The van der Waals surface area contributed by atoms with Gasteiger partial charge in [0.05, 0.1) is 10.5 Å². The third-order valence-corrected chi connectivity index (χ3v) is 11.2. The molecule has 2 aliphatic carbocycles. The minimum atomic E-state index is -3.80. The highest BCUT2D eigenvalue weighted by Crippen LogP contribution is 2.50. The van der Waals surface area contributed by atoms with Crippen LogP contribution >= 0.6 is 7.37 Å². The zero-order chi connectivity index (χ0) is 25.9. The molecule has 2 saturated carbocycles. The smallest absolute Gasteiger partial charge is 0.240 e. The van der Waals surface area contributed by atoms with E-state index in [2.05, 4.69) is 10.8 Å². The maximum Gasteiger partial charge on any atom is 0.240 e. The Hall–Kier alpha value is -1.86. The predicted molar refractivity (Wildman–Crippen MR) is 138 cm³/mol. The Balaban J connectivity index is 1.40. The number of sulfonamides is 1. The number of unbranched alkanes of at least 4 members (excludes halogenated alkanes) is 1. The van der Waals surface area contributed by atoms with Crippen molar-refractivity contribution >= 4 is 17.4 Å². The van der Waals surface area contributed by atoms with E-state index in [9.17, 15) is 26.7 Å². The summed E-state index contributed by atoms with van der Waals surface area (Å²) in [4.78, 5) is 9.76. The van der Waals surface area contributed by atoms with E-state index in [0.29, 0.717) is 30.6 Å². The molecule has 2 N–H and O–H groups in total. The molecular weight excluding hydrogens is 503 g/mol. The summed E-state index contributed by atoms with van der Waals surface area (Å²) >= 11 is 0. The molecule has 0 heterocycles. The van der Waals surface area contributed by atoms with Crippen molar-refractivity contribution in [2.45, 2.75) is 56.4 Å². The van der Waals surface area contributed by atoms with Gasteiger partial charge in [-0.15, -0.1) is 0 Å². The second kappa shape index (κ2) is 11.3. The highest BCUT2D eigenvalue weighted by molar-refractivity contribution is 7.89. The van der Waals surface area contributed by atoms with Crippen LogP contribution in [0.3, 0.4) is 0 Å². The van der Waals surface area contributed by atoms with Crippen molar-refractivity contribution in [3.8, 4) is 11.1 Å². The minimum absolute atomic E-state index is 0.0735. The molecule has 0 amide bonds. The van der Waals surface area contributed by atoms with Crippen molar-refractivity contribution in [3.63, 3.8) is 0 Å². The lowest BCUT2D eigenvalue weighted by Crippen LogP contribution is -2.43. The summed E-state index contributed by atoms with van der Waals surface area (Å²) < 4.78 is 69.3. The molecule has 3 unspecified atom stereocenters. The van der Waals surface area contributed by atoms with Crippen LogP contribution in [0.1, 0.15) is 45.4 Å². The molecule has 5 nitrogen and oxygen atoms in total. The fourth-order valence-electron chi connectivity index (χ4n) is 5.74. The zero-order valence-electron chi connectivity index (χ0n) is 20.4. The summed E-state index contributed by atoms with van der Waals surface area (Å²) in [6.45, 7) is 1.73. The Morgan fingerprint density at radius 2 is 1.72 bits per heavy atom. The van der Waals surface area contributed by atoms with Gasteiger partial charge in [0.25, 0.3) is 0 Å². The number of fused-ring (bicyclic) bond motifs is 2. The van der Waals surface area contributed by atoms with Gasteiger partial charge in [0.1, 0.15) is 11.6 Å². The summed E-state index contributed by atoms with van der Waals surface area (Å²) in [7, 11) is -6.79. The molecule has 5 atom stereocenters. The Morgan fingerprint density at radius 3 is 2.39 bits per heavy atom. The van der Waals surface area contributed by atoms with E-state index < -0.39 is 29.0 Å². The first-order valence-corrected chi connectivity index (χ1v) is 16.2. The second-order valence-electron chi connectivity index (χ2n) is 10.0. The van der Waals surface area contributed by atoms with E-state index in [1.807, 2.05) is 6.08 Å². The monoisotopic (exact) mass is 537 g/mol. The first-order valence-electron chi connectivity index (χ1n) is 12.6. The Kier molecular flexibility index (Phi) is 8.50. The molecule has 2 aromatic rings. The molecule has 0 aromatic heterocycles. The van der Waals surface area contributed by atoms with Crippen molar-refractivity contribution in [3.05, 3.63) is 66.3 Å². The molecule has 196 valence electrons. The summed E-state index contributed by atoms with van der Waals surface area (Å²) in [6, 6.07) is 9.12. The van der Waals surface area contributed by atoms with Crippen LogP contribution in [0.15, 0.2) is 59.5 Å². The van der Waals surface area contributed by atoms with Crippen LogP contribution in [-0.4, -0.2) is 31.7 Å². The molecule has 2 fully saturated rings. The molecule has 0 radical (unpaired) electrons. The second-order valence-corrected chi connectivity index (χ2v) is 14.5. The van der Waals surface area contributed by atoms with Gasteiger partial charge in [-0.3, -0.25) is 4.57 Å². The normalized spacial score (nSPS) is 25.4. The first kappa shape index (κ1) is 27.2. The number of allylic oxidation sites excluding steroid dienone is 2. The van der Waals surface area contributed by atoms with E-state index in [1.165, 1.54) is 42.5 Å². The van der Waals surface area contributed by atoms with Crippen LogP contribution in [0.4, 0.5) is 8.78 Å². The van der Waals surface area contributed by atoms with Gasteiger partial charge in [-0.05, 0) is 86.1 Å². The van der Waals surface area contributed by atoms with Gasteiger partial charge in [-0.2, -0.15) is 0 Å². The highest BCUT2D eigenvalue weighted by Gasteiger charge is 2.48. The van der Waals surface area contributed by atoms with Crippen LogP contribution in [0, 0.1) is 29.4 Å². The average molecular weight is 538 g/mol. The number of halogens is 2. The fraction of sp³-hybridized carbons (Fsp3) is 0.481. The van der Waals surface area contributed by atoms with Gasteiger partial charge < -0.3 is 4.89 Å². The van der Waals surface area contributed by atoms with Gasteiger partial charge in [-0.1, -0.05) is 37.3 Å². The quantitative estimate of drug-likeness (QED) is 0.199. The lowest BCUT2D eigenvalue weighted by atomic mass is 9.83. The van der Waals surface area contributed by atoms with E-state index in [-0.39, 0.29) is 28.0 Å². The van der Waals surface area contributed by atoms with E-state index in [1.54, 1.807) is 6.92 Å². The summed E-state index contributed by atoms with van der Waals surface area (Å²) in [6.07, 6.45) is 10.0. The third kappa shape index (κ3) is 6.16. The summed E-state index contributed by atoms with van der Waals surface area (Å²) in [5.41, 5.74) is 0.106. The van der Waals surface area contributed by atoms with Crippen LogP contribution < -0.4 is 4.72 Å². The number of nitrogens with one attached hydrogen (secondary N) is 1. The maximum absolute atomic E-state index is 14.1. The number of benzene rings is 2. The molecule has 2 bridgehead atoms. The van der Waals surface area contributed by atoms with Crippen molar-refractivity contribution in [2.75, 3.05) is 12.3 Å². The van der Waals surface area contributed by atoms with E-state index in [4.69, 9.17) is 0 Å². The molecular formula is C27H34F2NO4PS. The summed E-state index contributed by atoms with van der Waals surface area (Å²) in [5, 5.41) is 0. The Morgan fingerprint density at radius 1 is 1.06 bits per heavy atom. The van der Waals surface area contributed by atoms with Crippen molar-refractivity contribution in [1.29, 1.82) is 0 Å². The van der Waals surface area contributed by atoms with Crippen LogP contribution in [0.2, 0.25) is 0 Å². The molecule has 0 aliphatic heterocycles. The molecule has 2 aromatic carbocycles. The SMILES string of the molecule is CCP(=O)(O)CCC/C=C\CC1C(NS(=O)(=O)c2ccc(-c3c(F)cccc3F)cc2)[C@@H]2CC[C@H]1C2. The highest BCUT2D eigenvalue weighted by atomic mass is 32.2. The van der Waals surface area contributed by atoms with Gasteiger partial charge in [0, 0.05) is 18.4 Å². The van der Waals surface area contributed by atoms with Crippen LogP contribution in [0.25, 0.3) is 11.1 Å². The minimum Gasteiger partial charge on any atom is -0.344 e. The summed E-state index contributed by atoms with van der Waals surface area (Å²) in [5.74, 6) is -0.396. The lowest BCUT2D eigenvalue weighted by molar-refractivity contribution is 0.274. The number of rotatable bonds is 11.